The van der Waals surface area contributed by atoms with Crippen LogP contribution in [0.15, 0.2) is 89.8 Å². The third-order valence-electron chi connectivity index (χ3n) is 4.81. The number of nitro benzene ring substituents is 1. The summed E-state index contributed by atoms with van der Waals surface area (Å²) in [4.78, 5) is 23.4. The van der Waals surface area contributed by atoms with E-state index in [9.17, 15) is 23.3 Å². The van der Waals surface area contributed by atoms with E-state index in [-0.39, 0.29) is 28.4 Å². The molecule has 0 bridgehead atoms. The van der Waals surface area contributed by atoms with E-state index in [4.69, 9.17) is 6.42 Å². The van der Waals surface area contributed by atoms with Crippen molar-refractivity contribution < 1.29 is 18.1 Å². The second kappa shape index (κ2) is 9.94. The number of nitrogens with zero attached hydrogens (tertiary/aromatic N) is 2. The van der Waals surface area contributed by atoms with Gasteiger partial charge >= 0.3 is 0 Å². The second-order valence-corrected chi connectivity index (χ2v) is 8.96. The van der Waals surface area contributed by atoms with Gasteiger partial charge < -0.3 is 0 Å². The summed E-state index contributed by atoms with van der Waals surface area (Å²) < 4.78 is 28.0. The Bertz CT molecular complexity index is 1340. The normalized spacial score (nSPS) is 11.5. The van der Waals surface area contributed by atoms with E-state index in [1.807, 2.05) is 6.92 Å². The average Bonchev–Trinajstić information content (AvgIpc) is 2.82. The van der Waals surface area contributed by atoms with Gasteiger partial charge in [0.25, 0.3) is 15.7 Å². The lowest BCUT2D eigenvalue weighted by molar-refractivity contribution is -0.384. The minimum Gasteiger partial charge on any atom is -0.289 e. The number of rotatable bonds is 8. The van der Waals surface area contributed by atoms with Gasteiger partial charge in [0, 0.05) is 23.8 Å². The smallest absolute Gasteiger partial charge is 0.269 e. The van der Waals surface area contributed by atoms with Crippen molar-refractivity contribution in [1.29, 1.82) is 0 Å². The van der Waals surface area contributed by atoms with Crippen LogP contribution in [0.25, 0.3) is 5.70 Å². The van der Waals surface area contributed by atoms with Crippen molar-refractivity contribution in [3.8, 4) is 12.3 Å². The van der Waals surface area contributed by atoms with Gasteiger partial charge in [0.2, 0.25) is 0 Å². The summed E-state index contributed by atoms with van der Waals surface area (Å²) in [5.41, 5.74) is 1.47. The van der Waals surface area contributed by atoms with Crippen molar-refractivity contribution in [2.45, 2.75) is 11.8 Å². The molecule has 0 spiro atoms. The van der Waals surface area contributed by atoms with Crippen LogP contribution >= 0.6 is 0 Å². The molecule has 0 aliphatic rings. The Hall–Kier alpha value is -4.22. The van der Waals surface area contributed by atoms with Crippen LogP contribution in [0.3, 0.4) is 0 Å². The van der Waals surface area contributed by atoms with E-state index in [2.05, 4.69) is 5.92 Å². The molecule has 0 fully saturated rings. The zero-order chi connectivity index (χ0) is 24.0. The summed E-state index contributed by atoms with van der Waals surface area (Å²) in [5.74, 6) is 1.83. The maximum atomic E-state index is 13.5. The van der Waals surface area contributed by atoms with E-state index < -0.39 is 20.7 Å². The highest BCUT2D eigenvalue weighted by Crippen LogP contribution is 2.28. The molecule has 166 valence electrons. The Labute approximate surface area is 192 Å². The lowest BCUT2D eigenvalue weighted by atomic mass is 10.1. The number of allylic oxidation sites excluding steroid dienone is 1. The molecule has 7 nitrogen and oxygen atoms in total. The van der Waals surface area contributed by atoms with Gasteiger partial charge in [-0.05, 0) is 36.8 Å². The molecule has 0 aliphatic heterocycles. The van der Waals surface area contributed by atoms with Crippen LogP contribution in [0.1, 0.15) is 21.5 Å². The summed E-state index contributed by atoms with van der Waals surface area (Å²) >= 11 is 0. The number of non-ortho nitro benzene ring substituents is 1. The van der Waals surface area contributed by atoms with Gasteiger partial charge in [0.05, 0.1) is 22.1 Å². The van der Waals surface area contributed by atoms with E-state index in [1.54, 1.807) is 42.5 Å². The molecule has 33 heavy (non-hydrogen) atoms. The number of terminal acetylenes is 1. The number of hydrogen-bond acceptors (Lipinski definition) is 5. The Morgan fingerprint density at radius 3 is 2.15 bits per heavy atom. The number of benzene rings is 3. The van der Waals surface area contributed by atoms with Crippen LogP contribution < -0.4 is 0 Å². The molecule has 0 aliphatic carbocycles. The number of nitro groups is 1. The molecule has 0 heterocycles. The van der Waals surface area contributed by atoms with Gasteiger partial charge in [-0.15, -0.1) is 6.42 Å². The molecule has 0 saturated heterocycles. The summed E-state index contributed by atoms with van der Waals surface area (Å²) in [7, 11) is -4.09. The molecular weight excluding hydrogens is 440 g/mol. The quantitative estimate of drug-likeness (QED) is 0.163. The fraction of sp³-hybridized carbons (Fsp3) is 0.0800. The monoisotopic (exact) mass is 460 g/mol. The van der Waals surface area contributed by atoms with Gasteiger partial charge in [-0.2, -0.15) is 0 Å². The molecule has 3 aromatic carbocycles. The zero-order valence-electron chi connectivity index (χ0n) is 17.7. The number of hydrogen-bond donors (Lipinski definition) is 0. The maximum Gasteiger partial charge on any atom is 0.269 e. The van der Waals surface area contributed by atoms with E-state index in [1.165, 1.54) is 42.5 Å². The Morgan fingerprint density at radius 1 is 1.00 bits per heavy atom. The summed E-state index contributed by atoms with van der Waals surface area (Å²) in [6.07, 6.45) is 6.68. The highest BCUT2D eigenvalue weighted by Gasteiger charge is 2.27. The first-order valence-electron chi connectivity index (χ1n) is 9.83. The first kappa shape index (κ1) is 23.4. The Balaban J connectivity index is 2.13. The number of carbonyl (C=O) groups is 1. The summed E-state index contributed by atoms with van der Waals surface area (Å²) in [6, 6.07) is 19.9. The molecule has 0 atom stereocenters. The van der Waals surface area contributed by atoms with Crippen molar-refractivity contribution in [1.82, 2.24) is 4.31 Å². The number of aryl methyl sites for hydroxylation is 1. The van der Waals surface area contributed by atoms with E-state index >= 15 is 0 Å². The predicted octanol–water partition coefficient (Wildman–Crippen LogP) is 4.45. The van der Waals surface area contributed by atoms with Crippen LogP contribution in [0, 0.1) is 29.4 Å². The Morgan fingerprint density at radius 2 is 1.61 bits per heavy atom. The lowest BCUT2D eigenvalue weighted by Crippen LogP contribution is -2.30. The van der Waals surface area contributed by atoms with Crippen LogP contribution in [0.5, 0.6) is 0 Å². The molecule has 8 heteroatoms. The third kappa shape index (κ3) is 5.34. The number of sulfonamides is 1. The average molecular weight is 461 g/mol. The van der Waals surface area contributed by atoms with Crippen molar-refractivity contribution in [2.75, 3.05) is 6.54 Å². The zero-order valence-corrected chi connectivity index (χ0v) is 18.5. The standard InChI is InChI=1S/C25H20N2O5S/c1-3-17-26(33(31,32)23-15-9-19(2)10-16-23)24(20-7-5-4-6-8-20)18-25(28)21-11-13-22(14-12-21)27(29)30/h1,4-16,18H,17H2,2H3/b24-18+. The molecule has 0 radical (unpaired) electrons. The molecule has 0 amide bonds. The van der Waals surface area contributed by atoms with Gasteiger partial charge in [-0.25, -0.2) is 8.42 Å². The van der Waals surface area contributed by atoms with Crippen LogP contribution in [0.2, 0.25) is 0 Å². The molecule has 3 rings (SSSR count). The van der Waals surface area contributed by atoms with E-state index in [0.29, 0.717) is 5.56 Å². The first-order chi connectivity index (χ1) is 15.7. The molecule has 0 unspecified atom stereocenters. The summed E-state index contributed by atoms with van der Waals surface area (Å²) in [5, 5.41) is 10.9. The predicted molar refractivity (Wildman–Crippen MR) is 126 cm³/mol. The van der Waals surface area contributed by atoms with Crippen molar-refractivity contribution >= 4 is 27.2 Å². The largest absolute Gasteiger partial charge is 0.289 e. The SMILES string of the molecule is C#CCN(/C(=C/C(=O)c1ccc([N+](=O)[O-])cc1)c1ccccc1)S(=O)(=O)c1ccc(C)cc1. The second-order valence-electron chi connectivity index (χ2n) is 7.09. The van der Waals surface area contributed by atoms with Crippen molar-refractivity contribution in [2.24, 2.45) is 0 Å². The van der Waals surface area contributed by atoms with Gasteiger partial charge in [-0.1, -0.05) is 53.9 Å². The summed E-state index contributed by atoms with van der Waals surface area (Å²) in [6.45, 7) is 1.54. The molecule has 0 N–H and O–H groups in total. The highest BCUT2D eigenvalue weighted by molar-refractivity contribution is 7.89. The third-order valence-corrected chi connectivity index (χ3v) is 6.59. The van der Waals surface area contributed by atoms with Crippen molar-refractivity contribution in [3.63, 3.8) is 0 Å². The molecular formula is C25H20N2O5S. The molecule has 0 aromatic heterocycles. The molecule has 0 saturated carbocycles. The highest BCUT2D eigenvalue weighted by atomic mass is 32.2. The first-order valence-corrected chi connectivity index (χ1v) is 11.3. The maximum absolute atomic E-state index is 13.5. The fourth-order valence-electron chi connectivity index (χ4n) is 3.08. The van der Waals surface area contributed by atoms with Crippen molar-refractivity contribution in [3.05, 3.63) is 112 Å². The van der Waals surface area contributed by atoms with Gasteiger partial charge in [0.1, 0.15) is 0 Å². The molecule has 3 aromatic rings. The van der Waals surface area contributed by atoms with E-state index in [0.717, 1.165) is 9.87 Å². The van der Waals surface area contributed by atoms with Gasteiger partial charge in [-0.3, -0.25) is 19.2 Å². The fourth-order valence-corrected chi connectivity index (χ4v) is 4.48. The number of ketones is 1. The Kier molecular flexibility index (Phi) is 7.06. The minimum absolute atomic E-state index is 0.0352. The van der Waals surface area contributed by atoms with Crippen LogP contribution in [0.4, 0.5) is 5.69 Å². The van der Waals surface area contributed by atoms with Crippen LogP contribution in [-0.2, 0) is 10.0 Å². The topological polar surface area (TPSA) is 97.6 Å². The lowest BCUT2D eigenvalue weighted by Gasteiger charge is -2.25. The van der Waals surface area contributed by atoms with Crippen LogP contribution in [-0.4, -0.2) is 30.0 Å². The van der Waals surface area contributed by atoms with Gasteiger partial charge in [0.15, 0.2) is 5.78 Å². The minimum atomic E-state index is -4.09. The number of carbonyl (C=O) groups excluding carboxylic acids is 1.